The third-order valence-electron chi connectivity index (χ3n) is 5.99. The number of piperidine rings is 1. The van der Waals surface area contributed by atoms with Crippen molar-refractivity contribution in [2.75, 3.05) is 30.7 Å². The summed E-state index contributed by atoms with van der Waals surface area (Å²) in [6, 6.07) is 6.39. The standard InChI is InChI=1S/C23H27F2N5/c1-3-15-19(26)7-6-18(24)21(15)16-5-8-20-17(22(16)25)13-27-23(29-20)28-14-9-11-30(4-2)12-10-14/h5-8,13-14H,3-4,9-12,26H2,1-2H3,(H,27,28,29). The van der Waals surface area contributed by atoms with Crippen molar-refractivity contribution < 1.29 is 8.78 Å². The van der Waals surface area contributed by atoms with E-state index in [1.54, 1.807) is 12.1 Å². The van der Waals surface area contributed by atoms with Gasteiger partial charge in [0.2, 0.25) is 5.95 Å². The van der Waals surface area contributed by atoms with Gasteiger partial charge in [0.1, 0.15) is 11.6 Å². The number of anilines is 2. The zero-order valence-corrected chi connectivity index (χ0v) is 17.4. The van der Waals surface area contributed by atoms with Gasteiger partial charge in [-0.15, -0.1) is 0 Å². The minimum absolute atomic E-state index is 0.181. The Labute approximate surface area is 175 Å². The molecule has 5 nitrogen and oxygen atoms in total. The molecule has 2 aromatic carbocycles. The Morgan fingerprint density at radius 2 is 1.90 bits per heavy atom. The Morgan fingerprint density at radius 3 is 2.60 bits per heavy atom. The van der Waals surface area contributed by atoms with Gasteiger partial charge in [0.15, 0.2) is 0 Å². The summed E-state index contributed by atoms with van der Waals surface area (Å²) in [5.41, 5.74) is 7.94. The highest BCUT2D eigenvalue weighted by Crippen LogP contribution is 2.35. The lowest BCUT2D eigenvalue weighted by molar-refractivity contribution is 0.229. The average Bonchev–Trinajstić information content (AvgIpc) is 2.76. The SMILES string of the molecule is CCc1c(N)ccc(F)c1-c1ccc2nc(NC3CCN(CC)CC3)ncc2c1F. The van der Waals surface area contributed by atoms with Gasteiger partial charge in [-0.3, -0.25) is 0 Å². The van der Waals surface area contributed by atoms with Gasteiger partial charge < -0.3 is 16.0 Å². The Kier molecular flexibility index (Phi) is 5.81. The van der Waals surface area contributed by atoms with Gasteiger partial charge >= 0.3 is 0 Å². The number of aromatic nitrogens is 2. The van der Waals surface area contributed by atoms with Crippen molar-refractivity contribution >= 4 is 22.5 Å². The number of benzene rings is 2. The zero-order chi connectivity index (χ0) is 21.3. The highest BCUT2D eigenvalue weighted by atomic mass is 19.1. The first kappa shape index (κ1) is 20.5. The molecule has 0 unspecified atom stereocenters. The molecular formula is C23H27F2N5. The van der Waals surface area contributed by atoms with Gasteiger partial charge in [-0.05, 0) is 55.6 Å². The Bertz CT molecular complexity index is 1060. The first-order valence-electron chi connectivity index (χ1n) is 10.5. The van der Waals surface area contributed by atoms with Crippen molar-refractivity contribution in [3.63, 3.8) is 0 Å². The molecule has 158 valence electrons. The average molecular weight is 412 g/mol. The molecule has 0 atom stereocenters. The van der Waals surface area contributed by atoms with E-state index in [0.717, 1.165) is 32.5 Å². The number of likely N-dealkylation sites (tertiary alicyclic amines) is 1. The normalized spacial score (nSPS) is 15.6. The molecule has 3 N–H and O–H groups in total. The molecule has 4 rings (SSSR count). The summed E-state index contributed by atoms with van der Waals surface area (Å²) in [4.78, 5) is 11.2. The Morgan fingerprint density at radius 1 is 1.13 bits per heavy atom. The van der Waals surface area contributed by atoms with Crippen LogP contribution in [-0.2, 0) is 6.42 Å². The van der Waals surface area contributed by atoms with E-state index >= 15 is 4.39 Å². The number of nitrogen functional groups attached to an aromatic ring is 1. The van der Waals surface area contributed by atoms with Crippen LogP contribution in [0.4, 0.5) is 20.4 Å². The van der Waals surface area contributed by atoms with E-state index in [0.29, 0.717) is 35.2 Å². The maximum atomic E-state index is 15.3. The van der Waals surface area contributed by atoms with Gasteiger partial charge in [-0.2, -0.15) is 0 Å². The molecule has 0 spiro atoms. The van der Waals surface area contributed by atoms with Crippen molar-refractivity contribution in [1.82, 2.24) is 14.9 Å². The van der Waals surface area contributed by atoms with Crippen LogP contribution in [0.25, 0.3) is 22.0 Å². The summed E-state index contributed by atoms with van der Waals surface area (Å²) in [7, 11) is 0. The largest absolute Gasteiger partial charge is 0.398 e. The van der Waals surface area contributed by atoms with Crippen LogP contribution in [0, 0.1) is 11.6 Å². The summed E-state index contributed by atoms with van der Waals surface area (Å²) in [5.74, 6) is -0.527. The maximum absolute atomic E-state index is 15.3. The number of fused-ring (bicyclic) bond motifs is 1. The third kappa shape index (κ3) is 3.81. The van der Waals surface area contributed by atoms with Crippen LogP contribution in [0.1, 0.15) is 32.3 Å². The number of rotatable bonds is 5. The van der Waals surface area contributed by atoms with Crippen LogP contribution in [0.3, 0.4) is 0 Å². The first-order valence-corrected chi connectivity index (χ1v) is 10.5. The molecule has 0 radical (unpaired) electrons. The van der Waals surface area contributed by atoms with Crippen molar-refractivity contribution in [3.8, 4) is 11.1 Å². The molecule has 1 aromatic heterocycles. The van der Waals surface area contributed by atoms with Gasteiger partial charge in [-0.25, -0.2) is 18.7 Å². The predicted octanol–water partition coefficient (Wildman–Crippen LogP) is 4.62. The van der Waals surface area contributed by atoms with E-state index in [2.05, 4.69) is 27.1 Å². The predicted molar refractivity (Wildman–Crippen MR) is 117 cm³/mol. The second-order valence-corrected chi connectivity index (χ2v) is 7.75. The molecular weight excluding hydrogens is 384 g/mol. The smallest absolute Gasteiger partial charge is 0.223 e. The topological polar surface area (TPSA) is 67.1 Å². The molecule has 0 bridgehead atoms. The number of hydrogen-bond donors (Lipinski definition) is 2. The molecule has 1 fully saturated rings. The van der Waals surface area contributed by atoms with Crippen molar-refractivity contribution in [3.05, 3.63) is 47.7 Å². The van der Waals surface area contributed by atoms with E-state index in [1.165, 1.54) is 18.3 Å². The van der Waals surface area contributed by atoms with Crippen molar-refractivity contribution in [1.29, 1.82) is 0 Å². The van der Waals surface area contributed by atoms with Crippen LogP contribution in [0.2, 0.25) is 0 Å². The van der Waals surface area contributed by atoms with Crippen LogP contribution < -0.4 is 11.1 Å². The lowest BCUT2D eigenvalue weighted by atomic mass is 9.94. The molecule has 0 saturated carbocycles. The monoisotopic (exact) mass is 411 g/mol. The number of hydrogen-bond acceptors (Lipinski definition) is 5. The summed E-state index contributed by atoms with van der Waals surface area (Å²) >= 11 is 0. The number of nitrogens with one attached hydrogen (secondary N) is 1. The van der Waals surface area contributed by atoms with Crippen molar-refractivity contribution in [2.45, 2.75) is 39.2 Å². The molecule has 7 heteroatoms. The highest BCUT2D eigenvalue weighted by molar-refractivity contribution is 5.87. The molecule has 30 heavy (non-hydrogen) atoms. The fourth-order valence-electron chi connectivity index (χ4n) is 4.22. The molecule has 1 saturated heterocycles. The number of nitrogens with zero attached hydrogens (tertiary/aromatic N) is 3. The van der Waals surface area contributed by atoms with E-state index in [4.69, 9.17) is 5.73 Å². The fraction of sp³-hybridized carbons (Fsp3) is 0.391. The molecule has 1 aliphatic heterocycles. The van der Waals surface area contributed by atoms with E-state index < -0.39 is 11.6 Å². The Hall–Kier alpha value is -2.80. The van der Waals surface area contributed by atoms with E-state index in [-0.39, 0.29) is 16.5 Å². The van der Waals surface area contributed by atoms with Gasteiger partial charge in [0.05, 0.1) is 10.9 Å². The van der Waals surface area contributed by atoms with Gasteiger partial charge in [0.25, 0.3) is 0 Å². The van der Waals surface area contributed by atoms with Gasteiger partial charge in [-0.1, -0.05) is 13.8 Å². The summed E-state index contributed by atoms with van der Waals surface area (Å²) < 4.78 is 29.9. The first-order chi connectivity index (χ1) is 14.5. The molecule has 1 aliphatic rings. The van der Waals surface area contributed by atoms with Crippen LogP contribution in [0.5, 0.6) is 0 Å². The number of nitrogens with two attached hydrogens (primary N) is 1. The second kappa shape index (κ2) is 8.52. The summed E-state index contributed by atoms with van der Waals surface area (Å²) in [6.45, 7) is 7.20. The van der Waals surface area contributed by atoms with E-state index in [1.807, 2.05) is 6.92 Å². The quantitative estimate of drug-likeness (QED) is 0.600. The molecule has 2 heterocycles. The third-order valence-corrected chi connectivity index (χ3v) is 5.99. The highest BCUT2D eigenvalue weighted by Gasteiger charge is 2.21. The van der Waals surface area contributed by atoms with Crippen molar-refractivity contribution in [2.24, 2.45) is 0 Å². The Balaban J connectivity index is 1.65. The fourth-order valence-corrected chi connectivity index (χ4v) is 4.22. The maximum Gasteiger partial charge on any atom is 0.223 e. The molecule has 0 amide bonds. The molecule has 0 aliphatic carbocycles. The summed E-state index contributed by atoms with van der Waals surface area (Å²) in [5, 5.41) is 3.64. The van der Waals surface area contributed by atoms with E-state index in [9.17, 15) is 4.39 Å². The minimum Gasteiger partial charge on any atom is -0.398 e. The minimum atomic E-state index is -0.533. The lowest BCUT2D eigenvalue weighted by Gasteiger charge is -2.31. The van der Waals surface area contributed by atoms with Gasteiger partial charge in [0, 0.05) is 42.1 Å². The molecule has 3 aromatic rings. The summed E-state index contributed by atoms with van der Waals surface area (Å²) in [6.07, 6.45) is 4.03. The van der Waals surface area contributed by atoms with Crippen LogP contribution >= 0.6 is 0 Å². The number of halogens is 2. The lowest BCUT2D eigenvalue weighted by Crippen LogP contribution is -2.39. The second-order valence-electron chi connectivity index (χ2n) is 7.75. The zero-order valence-electron chi connectivity index (χ0n) is 17.4. The van der Waals surface area contributed by atoms with Crippen LogP contribution in [0.15, 0.2) is 30.5 Å². The van der Waals surface area contributed by atoms with Crippen LogP contribution in [-0.4, -0.2) is 40.5 Å².